The largest absolute Gasteiger partial charge is 0.493 e. The molecule has 0 radical (unpaired) electrons. The van der Waals surface area contributed by atoms with E-state index in [1.54, 1.807) is 31.4 Å². The Morgan fingerprint density at radius 2 is 1.53 bits per heavy atom. The monoisotopic (exact) mass is 546 g/mol. The summed E-state index contributed by atoms with van der Waals surface area (Å²) in [5.74, 6) is 0.597. The molecule has 4 aromatic carbocycles. The number of halogens is 1. The molecule has 2 amide bonds. The molecule has 38 heavy (non-hydrogen) atoms. The van der Waals surface area contributed by atoms with Gasteiger partial charge in [-0.2, -0.15) is 0 Å². The van der Waals surface area contributed by atoms with Crippen LogP contribution in [0.2, 0.25) is 5.02 Å². The van der Waals surface area contributed by atoms with E-state index < -0.39 is 5.25 Å². The van der Waals surface area contributed by atoms with Gasteiger partial charge in [-0.25, -0.2) is 0 Å². The first-order valence-corrected chi connectivity index (χ1v) is 13.1. The van der Waals surface area contributed by atoms with Crippen LogP contribution in [0.4, 0.5) is 11.4 Å². The number of ether oxygens (including phenoxy) is 2. The molecule has 0 saturated carbocycles. The average Bonchev–Trinajstić information content (AvgIpc) is 2.95. The quantitative estimate of drug-likeness (QED) is 0.214. The van der Waals surface area contributed by atoms with E-state index in [-0.39, 0.29) is 11.8 Å². The van der Waals surface area contributed by atoms with Crippen LogP contribution in [0.25, 0.3) is 0 Å². The topological polar surface area (TPSA) is 76.7 Å². The first-order valence-electron chi connectivity index (χ1n) is 11.8. The van der Waals surface area contributed by atoms with Gasteiger partial charge in [-0.05, 0) is 72.6 Å². The summed E-state index contributed by atoms with van der Waals surface area (Å²) >= 11 is 7.67. The van der Waals surface area contributed by atoms with Gasteiger partial charge in [-0.3, -0.25) is 9.59 Å². The molecule has 0 aromatic heterocycles. The minimum atomic E-state index is -0.498. The molecule has 8 heteroatoms. The second-order valence-electron chi connectivity index (χ2n) is 8.36. The maximum Gasteiger partial charge on any atom is 0.255 e. The molecule has 0 aliphatic rings. The number of hydrogen-bond acceptors (Lipinski definition) is 5. The Bertz CT molecular complexity index is 1430. The lowest BCUT2D eigenvalue weighted by atomic mass is 10.1. The van der Waals surface area contributed by atoms with Crippen molar-refractivity contribution in [1.82, 2.24) is 0 Å². The molecule has 1 atom stereocenters. The van der Waals surface area contributed by atoms with Gasteiger partial charge in [0.1, 0.15) is 5.25 Å². The van der Waals surface area contributed by atoms with Gasteiger partial charge in [0.05, 0.1) is 14.2 Å². The Hall–Kier alpha value is -3.94. The van der Waals surface area contributed by atoms with Gasteiger partial charge in [-0.15, -0.1) is 11.8 Å². The van der Waals surface area contributed by atoms with Gasteiger partial charge in [-0.1, -0.05) is 48.0 Å². The van der Waals surface area contributed by atoms with Crippen molar-refractivity contribution < 1.29 is 19.1 Å². The van der Waals surface area contributed by atoms with Crippen LogP contribution < -0.4 is 20.1 Å². The number of rotatable bonds is 9. The number of thioether (sulfide) groups is 1. The Labute approximate surface area is 231 Å². The van der Waals surface area contributed by atoms with Crippen molar-refractivity contribution in [2.75, 3.05) is 24.9 Å². The number of carbonyl (C=O) groups excluding carboxylic acids is 2. The minimum Gasteiger partial charge on any atom is -0.493 e. The highest BCUT2D eigenvalue weighted by Crippen LogP contribution is 2.37. The van der Waals surface area contributed by atoms with Crippen molar-refractivity contribution in [3.05, 3.63) is 113 Å². The van der Waals surface area contributed by atoms with Crippen LogP contribution in [0.1, 0.15) is 26.7 Å². The van der Waals surface area contributed by atoms with Crippen LogP contribution in [0.3, 0.4) is 0 Å². The van der Waals surface area contributed by atoms with E-state index in [9.17, 15) is 9.59 Å². The van der Waals surface area contributed by atoms with Crippen LogP contribution >= 0.6 is 23.4 Å². The van der Waals surface area contributed by atoms with Crippen molar-refractivity contribution in [2.24, 2.45) is 0 Å². The van der Waals surface area contributed by atoms with Crippen LogP contribution in [0.15, 0.2) is 95.9 Å². The van der Waals surface area contributed by atoms with Crippen LogP contribution in [0.5, 0.6) is 11.5 Å². The highest BCUT2D eigenvalue weighted by Gasteiger charge is 2.23. The number of benzene rings is 4. The molecule has 2 N–H and O–H groups in total. The summed E-state index contributed by atoms with van der Waals surface area (Å²) < 4.78 is 10.5. The van der Waals surface area contributed by atoms with E-state index in [2.05, 4.69) is 10.6 Å². The summed E-state index contributed by atoms with van der Waals surface area (Å²) in [4.78, 5) is 27.0. The summed E-state index contributed by atoms with van der Waals surface area (Å²) in [6, 6.07) is 27.4. The van der Waals surface area contributed by atoms with Crippen molar-refractivity contribution in [3.63, 3.8) is 0 Å². The summed E-state index contributed by atoms with van der Waals surface area (Å²) in [5, 5.41) is 6.01. The number of amides is 2. The first-order chi connectivity index (χ1) is 18.4. The molecule has 1 unspecified atom stereocenters. The first kappa shape index (κ1) is 27.1. The molecule has 4 aromatic rings. The molecular formula is C30H27ClN2O4S. The Morgan fingerprint density at radius 1 is 0.816 bits per heavy atom. The smallest absolute Gasteiger partial charge is 0.255 e. The Balaban J connectivity index is 1.49. The predicted molar refractivity (Wildman–Crippen MR) is 154 cm³/mol. The van der Waals surface area contributed by atoms with Crippen molar-refractivity contribution in [2.45, 2.75) is 17.1 Å². The molecule has 194 valence electrons. The normalized spacial score (nSPS) is 11.4. The molecule has 0 aliphatic carbocycles. The third-order valence-electron chi connectivity index (χ3n) is 5.88. The molecule has 0 bridgehead atoms. The minimum absolute atomic E-state index is 0.155. The number of carbonyl (C=O) groups is 2. The Morgan fingerprint density at radius 3 is 2.21 bits per heavy atom. The molecule has 6 nitrogen and oxygen atoms in total. The van der Waals surface area contributed by atoms with Gasteiger partial charge in [0.15, 0.2) is 11.5 Å². The maximum absolute atomic E-state index is 13.4. The van der Waals surface area contributed by atoms with Crippen molar-refractivity contribution in [3.8, 4) is 11.5 Å². The fourth-order valence-corrected chi connectivity index (χ4v) is 4.97. The molecular weight excluding hydrogens is 520 g/mol. The lowest BCUT2D eigenvalue weighted by molar-refractivity contribution is -0.115. The van der Waals surface area contributed by atoms with E-state index in [0.29, 0.717) is 33.5 Å². The van der Waals surface area contributed by atoms with E-state index in [1.807, 2.05) is 73.7 Å². The van der Waals surface area contributed by atoms with Gasteiger partial charge in [0.25, 0.3) is 5.91 Å². The SMILES string of the molecule is COc1ccc(C(=O)Nc2ccc(SC(C(=O)Nc3cccc(Cl)c3C)c3ccccc3)cc2)cc1OC. The fraction of sp³-hybridized carbons (Fsp3) is 0.133. The molecule has 0 fully saturated rings. The summed E-state index contributed by atoms with van der Waals surface area (Å²) in [6.07, 6.45) is 0. The van der Waals surface area contributed by atoms with Crippen LogP contribution in [-0.4, -0.2) is 26.0 Å². The third kappa shape index (κ3) is 6.49. The van der Waals surface area contributed by atoms with Crippen molar-refractivity contribution >= 4 is 46.6 Å². The second-order valence-corrected chi connectivity index (χ2v) is 9.94. The zero-order chi connectivity index (χ0) is 27.1. The lowest BCUT2D eigenvalue weighted by Gasteiger charge is -2.18. The standard InChI is InChI=1S/C30H27ClN2O4S/c1-19-24(31)10-7-11-25(19)33-30(35)28(20-8-5-4-6-9-20)38-23-15-13-22(14-16-23)32-29(34)21-12-17-26(36-2)27(18-21)37-3/h4-18,28H,1-3H3,(H,32,34)(H,33,35). The lowest BCUT2D eigenvalue weighted by Crippen LogP contribution is -2.19. The molecule has 4 rings (SSSR count). The number of methoxy groups -OCH3 is 2. The molecule has 0 spiro atoms. The number of nitrogens with one attached hydrogen (secondary N) is 2. The highest BCUT2D eigenvalue weighted by molar-refractivity contribution is 8.00. The summed E-state index contributed by atoms with van der Waals surface area (Å²) in [7, 11) is 3.07. The van der Waals surface area contributed by atoms with Gasteiger partial charge < -0.3 is 20.1 Å². The second kappa shape index (κ2) is 12.5. The fourth-order valence-electron chi connectivity index (χ4n) is 3.78. The van der Waals surface area contributed by atoms with Crippen LogP contribution in [0, 0.1) is 6.92 Å². The van der Waals surface area contributed by atoms with Gasteiger partial charge >= 0.3 is 0 Å². The van der Waals surface area contributed by atoms with E-state index in [4.69, 9.17) is 21.1 Å². The van der Waals surface area contributed by atoms with E-state index in [1.165, 1.54) is 18.9 Å². The van der Waals surface area contributed by atoms with Gasteiger partial charge in [0, 0.05) is 26.9 Å². The average molecular weight is 547 g/mol. The molecule has 0 aliphatic heterocycles. The van der Waals surface area contributed by atoms with Crippen molar-refractivity contribution in [1.29, 1.82) is 0 Å². The highest BCUT2D eigenvalue weighted by atomic mass is 35.5. The molecule has 0 heterocycles. The molecule has 0 saturated heterocycles. The zero-order valence-electron chi connectivity index (χ0n) is 21.2. The van der Waals surface area contributed by atoms with Crippen LogP contribution in [-0.2, 0) is 4.79 Å². The van der Waals surface area contributed by atoms with E-state index >= 15 is 0 Å². The van der Waals surface area contributed by atoms with Gasteiger partial charge in [0.2, 0.25) is 5.91 Å². The maximum atomic E-state index is 13.4. The third-order valence-corrected chi connectivity index (χ3v) is 7.55. The summed E-state index contributed by atoms with van der Waals surface area (Å²) in [5.41, 5.74) is 3.44. The van der Waals surface area contributed by atoms with E-state index in [0.717, 1.165) is 16.0 Å². The number of hydrogen-bond donors (Lipinski definition) is 2. The predicted octanol–water partition coefficient (Wildman–Crippen LogP) is 7.39. The number of anilines is 2. The zero-order valence-corrected chi connectivity index (χ0v) is 22.7. The Kier molecular flexibility index (Phi) is 8.94. The summed E-state index contributed by atoms with van der Waals surface area (Å²) in [6.45, 7) is 1.87.